The summed E-state index contributed by atoms with van der Waals surface area (Å²) in [6, 6.07) is 7.48. The van der Waals surface area contributed by atoms with Gasteiger partial charge in [-0.25, -0.2) is 0 Å². The van der Waals surface area contributed by atoms with Crippen molar-refractivity contribution in [2.24, 2.45) is 5.41 Å². The van der Waals surface area contributed by atoms with Crippen molar-refractivity contribution >= 4 is 11.8 Å². The summed E-state index contributed by atoms with van der Waals surface area (Å²) in [5, 5.41) is 18.3. The number of amides is 2. The summed E-state index contributed by atoms with van der Waals surface area (Å²) < 4.78 is 0. The van der Waals surface area contributed by atoms with E-state index in [4.69, 9.17) is 5.11 Å². The van der Waals surface area contributed by atoms with Crippen LogP contribution in [0.3, 0.4) is 0 Å². The van der Waals surface area contributed by atoms with Crippen LogP contribution in [-0.2, 0) is 22.6 Å². The van der Waals surface area contributed by atoms with Crippen LogP contribution >= 0.6 is 0 Å². The van der Waals surface area contributed by atoms with E-state index in [-0.39, 0.29) is 30.4 Å². The van der Waals surface area contributed by atoms with E-state index in [2.05, 4.69) is 0 Å². The molecular formula is C20H28N2O4. The van der Waals surface area contributed by atoms with Gasteiger partial charge in [0.25, 0.3) is 0 Å². The number of piperidine rings is 2. The molecule has 2 amide bonds. The molecule has 1 unspecified atom stereocenters. The van der Waals surface area contributed by atoms with Crippen molar-refractivity contribution in [3.63, 3.8) is 0 Å². The number of β-amino-alcohol motifs (C(OH)–C–C–N with tert-alkyl or cyclic N) is 1. The summed E-state index contributed by atoms with van der Waals surface area (Å²) in [7, 11) is 0. The quantitative estimate of drug-likeness (QED) is 0.819. The van der Waals surface area contributed by atoms with Crippen LogP contribution in [0.2, 0.25) is 0 Å². The third-order valence-electron chi connectivity index (χ3n) is 5.69. The highest BCUT2D eigenvalue weighted by molar-refractivity contribution is 5.79. The fourth-order valence-electron chi connectivity index (χ4n) is 4.23. The minimum atomic E-state index is -0.0300. The van der Waals surface area contributed by atoms with Gasteiger partial charge in [0.1, 0.15) is 0 Å². The Morgan fingerprint density at radius 1 is 1.08 bits per heavy atom. The normalized spacial score (nSPS) is 23.5. The molecule has 1 atom stereocenters. The van der Waals surface area contributed by atoms with Crippen molar-refractivity contribution in [1.82, 2.24) is 9.80 Å². The lowest BCUT2D eigenvalue weighted by atomic mass is 9.73. The van der Waals surface area contributed by atoms with E-state index in [1.54, 1.807) is 4.90 Å². The Kier molecular flexibility index (Phi) is 5.94. The molecule has 2 heterocycles. The molecule has 2 aliphatic heterocycles. The Balaban J connectivity index is 1.63. The average Bonchev–Trinajstić information content (AvgIpc) is 2.66. The lowest BCUT2D eigenvalue weighted by molar-refractivity contribution is -0.143. The van der Waals surface area contributed by atoms with E-state index >= 15 is 0 Å². The van der Waals surface area contributed by atoms with Crippen LogP contribution in [0.1, 0.15) is 36.8 Å². The van der Waals surface area contributed by atoms with Gasteiger partial charge in [-0.2, -0.15) is 0 Å². The number of nitrogens with zero attached hydrogens (tertiary/aromatic N) is 2. The molecule has 0 aromatic heterocycles. The zero-order valence-electron chi connectivity index (χ0n) is 15.2. The monoisotopic (exact) mass is 360 g/mol. The maximum atomic E-state index is 12.8. The molecule has 6 heteroatoms. The van der Waals surface area contributed by atoms with E-state index in [0.717, 1.165) is 36.9 Å². The average molecular weight is 360 g/mol. The molecule has 0 bridgehead atoms. The number of carbonyl (C=O) groups excluding carboxylic acids is 2. The predicted molar refractivity (Wildman–Crippen MR) is 97.2 cm³/mol. The maximum absolute atomic E-state index is 12.8. The van der Waals surface area contributed by atoms with Crippen LogP contribution in [0, 0.1) is 5.41 Å². The Bertz CT molecular complexity index is 646. The highest BCUT2D eigenvalue weighted by atomic mass is 16.3. The Labute approximate surface area is 154 Å². The fourth-order valence-corrected chi connectivity index (χ4v) is 4.23. The van der Waals surface area contributed by atoms with Crippen molar-refractivity contribution in [2.45, 2.75) is 38.7 Å². The third-order valence-corrected chi connectivity index (χ3v) is 5.69. The summed E-state index contributed by atoms with van der Waals surface area (Å²) in [6.45, 7) is 2.46. The summed E-state index contributed by atoms with van der Waals surface area (Å²) in [6.07, 6.45) is 3.67. The van der Waals surface area contributed by atoms with Crippen LogP contribution in [0.4, 0.5) is 0 Å². The molecule has 3 rings (SSSR count). The number of benzene rings is 1. The van der Waals surface area contributed by atoms with Gasteiger partial charge in [-0.05, 0) is 30.4 Å². The van der Waals surface area contributed by atoms with Crippen molar-refractivity contribution in [3.8, 4) is 0 Å². The summed E-state index contributed by atoms with van der Waals surface area (Å²) in [4.78, 5) is 28.5. The van der Waals surface area contributed by atoms with Gasteiger partial charge in [0.05, 0.1) is 19.6 Å². The minimum Gasteiger partial charge on any atom is -0.395 e. The van der Waals surface area contributed by atoms with E-state index in [9.17, 15) is 14.7 Å². The minimum absolute atomic E-state index is 0.00588. The first-order valence-corrected chi connectivity index (χ1v) is 9.40. The largest absolute Gasteiger partial charge is 0.395 e. The topological polar surface area (TPSA) is 81.1 Å². The van der Waals surface area contributed by atoms with E-state index in [0.29, 0.717) is 32.5 Å². The molecule has 1 aromatic rings. The van der Waals surface area contributed by atoms with Crippen molar-refractivity contribution in [3.05, 3.63) is 35.4 Å². The lowest BCUT2D eigenvalue weighted by Gasteiger charge is -2.48. The first-order chi connectivity index (χ1) is 12.5. The van der Waals surface area contributed by atoms with Crippen LogP contribution in [0.5, 0.6) is 0 Å². The zero-order valence-corrected chi connectivity index (χ0v) is 15.2. The molecule has 1 spiro atoms. The Morgan fingerprint density at radius 3 is 2.50 bits per heavy atom. The van der Waals surface area contributed by atoms with Crippen molar-refractivity contribution < 1.29 is 19.8 Å². The second-order valence-electron chi connectivity index (χ2n) is 7.61. The molecule has 142 valence electrons. The SMILES string of the molecule is O=C1CCC2(CCCN(C(=O)Cc3ccc(CO)cc3)C2)CN1CCO. The Hall–Kier alpha value is -1.92. The van der Waals surface area contributed by atoms with E-state index < -0.39 is 0 Å². The van der Waals surface area contributed by atoms with E-state index in [1.165, 1.54) is 0 Å². The fraction of sp³-hybridized carbons (Fsp3) is 0.600. The van der Waals surface area contributed by atoms with Crippen molar-refractivity contribution in [2.75, 3.05) is 32.8 Å². The molecular weight excluding hydrogens is 332 g/mol. The van der Waals surface area contributed by atoms with Crippen LogP contribution in [0.15, 0.2) is 24.3 Å². The van der Waals surface area contributed by atoms with E-state index in [1.807, 2.05) is 29.2 Å². The third kappa shape index (κ3) is 4.24. The van der Waals surface area contributed by atoms with Gasteiger partial charge in [0, 0.05) is 38.0 Å². The second kappa shape index (κ2) is 8.18. The molecule has 0 radical (unpaired) electrons. The first kappa shape index (κ1) is 18.9. The first-order valence-electron chi connectivity index (χ1n) is 9.40. The number of hydrogen-bond acceptors (Lipinski definition) is 4. The number of hydrogen-bond donors (Lipinski definition) is 2. The van der Waals surface area contributed by atoms with Gasteiger partial charge in [0.2, 0.25) is 11.8 Å². The number of aliphatic hydroxyl groups excluding tert-OH is 2. The van der Waals surface area contributed by atoms with Gasteiger partial charge >= 0.3 is 0 Å². The predicted octanol–water partition coefficient (Wildman–Crippen LogP) is 0.945. The van der Waals surface area contributed by atoms with Gasteiger partial charge in [-0.1, -0.05) is 24.3 Å². The van der Waals surface area contributed by atoms with Crippen LogP contribution < -0.4 is 0 Å². The van der Waals surface area contributed by atoms with Gasteiger partial charge < -0.3 is 20.0 Å². The summed E-state index contributed by atoms with van der Waals surface area (Å²) in [5.74, 6) is 0.225. The highest BCUT2D eigenvalue weighted by Gasteiger charge is 2.42. The molecule has 2 aliphatic rings. The molecule has 1 aromatic carbocycles. The van der Waals surface area contributed by atoms with Crippen molar-refractivity contribution in [1.29, 1.82) is 0 Å². The van der Waals surface area contributed by atoms with Gasteiger partial charge in [-0.3, -0.25) is 9.59 Å². The molecule has 2 fully saturated rings. The number of carbonyl (C=O) groups is 2. The zero-order chi connectivity index (χ0) is 18.6. The Morgan fingerprint density at radius 2 is 1.81 bits per heavy atom. The summed E-state index contributed by atoms with van der Waals surface area (Å²) >= 11 is 0. The van der Waals surface area contributed by atoms with Gasteiger partial charge in [0.15, 0.2) is 0 Å². The number of likely N-dealkylation sites (tertiary alicyclic amines) is 2. The summed E-state index contributed by atoms with van der Waals surface area (Å²) in [5.41, 5.74) is 1.76. The highest BCUT2D eigenvalue weighted by Crippen LogP contribution is 2.38. The van der Waals surface area contributed by atoms with Gasteiger partial charge in [-0.15, -0.1) is 0 Å². The smallest absolute Gasteiger partial charge is 0.227 e. The standard InChI is InChI=1S/C20H28N2O4/c23-11-10-22-15-20(8-6-18(22)25)7-1-9-21(14-20)19(26)12-16-2-4-17(13-24)5-3-16/h2-5,23-24H,1,6-15H2. The molecule has 6 nitrogen and oxygen atoms in total. The van der Waals surface area contributed by atoms with Crippen LogP contribution in [0.25, 0.3) is 0 Å². The molecule has 0 aliphatic carbocycles. The molecule has 26 heavy (non-hydrogen) atoms. The second-order valence-corrected chi connectivity index (χ2v) is 7.61. The molecule has 2 N–H and O–H groups in total. The lowest BCUT2D eigenvalue weighted by Crippen LogP contribution is -2.55. The number of rotatable bonds is 5. The number of aliphatic hydroxyl groups is 2. The molecule has 2 saturated heterocycles. The van der Waals surface area contributed by atoms with Crippen LogP contribution in [-0.4, -0.2) is 64.6 Å². The maximum Gasteiger partial charge on any atom is 0.227 e. The molecule has 0 saturated carbocycles.